The fourth-order valence-electron chi connectivity index (χ4n) is 1.86. The molecule has 9 nitrogen and oxygen atoms in total. The van der Waals surface area contributed by atoms with Crippen molar-refractivity contribution in [3.05, 3.63) is 0 Å². The van der Waals surface area contributed by atoms with Gasteiger partial charge in [0.25, 0.3) is 0 Å². The third kappa shape index (κ3) is 36.8. The topological polar surface area (TPSA) is 108 Å². The maximum Gasteiger partial charge on any atom is 0.472 e. The second-order valence-corrected chi connectivity index (χ2v) is 8.71. The van der Waals surface area contributed by atoms with Gasteiger partial charge >= 0.3 is 19.8 Å². The predicted octanol–water partition coefficient (Wildman–Crippen LogP) is 11.2. The van der Waals surface area contributed by atoms with Gasteiger partial charge in [0.1, 0.15) is 19.8 Å². The lowest BCUT2D eigenvalue weighted by atomic mass is 10.0. The summed E-state index contributed by atoms with van der Waals surface area (Å²) in [5, 5.41) is 0. The van der Waals surface area contributed by atoms with Crippen LogP contribution < -0.4 is 0 Å². The second-order valence-electron chi connectivity index (χ2n) is 7.26. The molecule has 50 heavy (non-hydrogen) atoms. The molecule has 0 saturated carbocycles. The molecule has 0 amide bonds. The number of nitrogens with zero attached hydrogens (tertiary/aromatic N) is 1. The van der Waals surface area contributed by atoms with Gasteiger partial charge in [0, 0.05) is 97.7 Å². The van der Waals surface area contributed by atoms with Gasteiger partial charge in [-0.05, 0) is 12.7 Å². The number of ether oxygens (including phenoxy) is 2. The van der Waals surface area contributed by atoms with Gasteiger partial charge < -0.3 is 18.9 Å². The molecule has 0 saturated heterocycles. The Morgan fingerprint density at radius 3 is 1.42 bits per heavy atom. The van der Waals surface area contributed by atoms with Gasteiger partial charge in [-0.1, -0.05) is 167 Å². The van der Waals surface area contributed by atoms with Crippen LogP contribution in [0.25, 0.3) is 0 Å². The molecule has 0 fully saturated rings. The average Bonchev–Trinajstić information content (AvgIpc) is 0.678. The fourth-order valence-corrected chi connectivity index (χ4v) is 2.60. The standard InChI is InChI=1S/C40H80NO8P/c1-6-8-10-12-14-16-18-20-22-24-26-28-30-32-39(42)46-36-38(37-48-50(44,45)47-35-34-41(3,4)5)49-40(43)33-31-29-27-25-23-21-19-17-15-13-11-9-7-2/h38H,6-37H2,1-5H3/p+1/t38-/m1/s1/i1D3,2D3,3D3,4D3,5D3,6D2,7D2,8D2,9D2,10D2,11D2,12D2,13D2,14D2,15D2,16D2,17D2,18D2,19D2,20D2,21D2,22D2,23D2,24D2,25D2,26D2,27D2,28D2,29D2,30D2,31D2,32D2,33D2. The first-order valence-corrected chi connectivity index (χ1v) is 14.0. The van der Waals surface area contributed by atoms with Gasteiger partial charge in [-0.25, -0.2) is 4.57 Å². The minimum absolute atomic E-state index is 1.90. The number of phosphoric acid groups is 1. The Morgan fingerprint density at radius 2 is 1.00 bits per heavy atom. The maximum absolute atomic E-state index is 14.1. The van der Waals surface area contributed by atoms with Crippen molar-refractivity contribution >= 4 is 19.8 Å². The van der Waals surface area contributed by atoms with Crippen molar-refractivity contribution in [3.63, 3.8) is 0 Å². The van der Waals surface area contributed by atoms with E-state index in [1.54, 1.807) is 0 Å². The number of carbonyl (C=O) groups is 2. The van der Waals surface area contributed by atoms with Crippen LogP contribution in [0.4, 0.5) is 0 Å². The highest BCUT2D eigenvalue weighted by molar-refractivity contribution is 7.47. The number of rotatable bonds is 38. The molecule has 1 unspecified atom stereocenters. The van der Waals surface area contributed by atoms with E-state index in [4.69, 9.17) is 97.3 Å². The average molecular weight is 806 g/mol. The lowest BCUT2D eigenvalue weighted by Crippen LogP contribution is -2.37. The summed E-state index contributed by atoms with van der Waals surface area (Å²) in [6, 6.07) is 0. The number of hydrogen-bond acceptors (Lipinski definition) is 7. The van der Waals surface area contributed by atoms with Crippen LogP contribution in [0.15, 0.2) is 0 Å². The van der Waals surface area contributed by atoms with E-state index >= 15 is 0 Å². The third-order valence-corrected chi connectivity index (χ3v) is 4.59. The molecule has 0 aromatic carbocycles. The minimum Gasteiger partial charge on any atom is -0.462 e. The highest BCUT2D eigenvalue weighted by Crippen LogP contribution is 2.43. The summed E-state index contributed by atoms with van der Waals surface area (Å²) in [7, 11) is -6.41. The molecule has 0 radical (unpaired) electrons. The first-order chi connectivity index (χ1) is 51.1. The first-order valence-electron chi connectivity index (χ1n) is 48.0. The van der Waals surface area contributed by atoms with Gasteiger partial charge in [0.2, 0.25) is 0 Å². The molecular formula is C40H81NO8P+. The molecule has 0 aliphatic carbocycles. The summed E-state index contributed by atoms with van der Waals surface area (Å²) in [6.45, 7) is -29.8. The monoisotopic (exact) mass is 806 g/mol. The number of esters is 2. The van der Waals surface area contributed by atoms with Gasteiger partial charge in [0.15, 0.2) is 6.10 Å². The van der Waals surface area contributed by atoms with Crippen LogP contribution in [-0.2, 0) is 32.7 Å². The zero-order valence-electron chi connectivity index (χ0n) is 96.1. The molecule has 10 heteroatoms. The van der Waals surface area contributed by atoms with Crippen LogP contribution >= 0.6 is 7.82 Å². The zero-order valence-corrected chi connectivity index (χ0v) is 26.0. The van der Waals surface area contributed by atoms with Crippen LogP contribution in [0.3, 0.4) is 0 Å². The summed E-state index contributed by atoms with van der Waals surface area (Å²) >= 11 is 0. The smallest absolute Gasteiger partial charge is 0.462 e. The van der Waals surface area contributed by atoms with Crippen LogP contribution in [0.2, 0.25) is 0 Å². The number of likely N-dealkylation sites (N-methyl/N-ethyl adjacent to an activating group) is 1. The van der Waals surface area contributed by atoms with E-state index in [1.807, 2.05) is 0 Å². The van der Waals surface area contributed by atoms with Crippen molar-refractivity contribution < 1.29 is 139 Å². The maximum atomic E-state index is 14.1. The zero-order chi connectivity index (χ0) is 99.9. The summed E-state index contributed by atoms with van der Waals surface area (Å²) in [4.78, 5) is 38.6. The van der Waals surface area contributed by atoms with Gasteiger partial charge in [-0.3, -0.25) is 18.6 Å². The Hall–Kier alpha value is -0.990. The van der Waals surface area contributed by atoms with Crippen molar-refractivity contribution in [1.29, 1.82) is 0 Å². The van der Waals surface area contributed by atoms with Crippen molar-refractivity contribution in [1.82, 2.24) is 0 Å². The fraction of sp³-hybridized carbons (Fsp3) is 0.950. The Bertz CT molecular complexity index is 3690. The summed E-state index contributed by atoms with van der Waals surface area (Å²) in [6.07, 6.45) is -154. The number of quaternary nitrogens is 1. The highest BCUT2D eigenvalue weighted by atomic mass is 31.2. The lowest BCUT2D eigenvalue weighted by molar-refractivity contribution is -0.870. The minimum atomic E-state index is -6.41. The first kappa shape index (κ1) is 7.98. The summed E-state index contributed by atoms with van der Waals surface area (Å²) in [5.41, 5.74) is 0. The normalized spacial score (nSPS) is 44.0. The van der Waals surface area contributed by atoms with E-state index in [1.165, 1.54) is 0 Å². The SMILES string of the molecule is [2H]C([2H])([2H])C([2H])([2H])C([2H])([2H])C([2H])([2H])C([2H])([2H])C([2H])([2H])C([2H])([2H])C([2H])([2H])C([2H])([2H])C([2H])([2H])C([2H])([2H])C([2H])([2H])C([2H])([2H])C([2H])([2H])C([2H])([2H])C(=O)OC[C@H](COP(=O)(O)OCC[N+](C([2H])([2H])[2H])(C([2H])([2H])[2H])C([2H])([2H])[2H])OC(=O)C([2H])([2H])C([2H])([2H])C([2H])([2H])C([2H])([2H])C([2H])([2H])C([2H])([2H])C([2H])([2H])C([2H])([2H])C([2H])([2H])C([2H])([2H])C([2H])([2H])C([2H])([2H])C([2H])([2H])C([2H])([2H])C([2H])([2H])[2H]. The quantitative estimate of drug-likeness (QED) is 0.0373. The van der Waals surface area contributed by atoms with Crippen LogP contribution in [0.1, 0.15) is 289 Å². The molecule has 0 aromatic rings. The van der Waals surface area contributed by atoms with Crippen LogP contribution in [0, 0.1) is 0 Å². The summed E-state index contributed by atoms with van der Waals surface area (Å²) < 4.78 is 608. The highest BCUT2D eigenvalue weighted by Gasteiger charge is 2.27. The van der Waals surface area contributed by atoms with Gasteiger partial charge in [0.05, 0.1) is 39.9 Å². The van der Waals surface area contributed by atoms with E-state index in [2.05, 4.69) is 18.5 Å². The Morgan fingerprint density at radius 1 is 0.600 bits per heavy atom. The molecule has 0 aromatic heterocycles. The third-order valence-electron chi connectivity index (χ3n) is 3.61. The number of phosphoric ester groups is 1. The second kappa shape index (κ2) is 33.8. The Kier molecular flexibility index (Phi) is 5.40. The van der Waals surface area contributed by atoms with Crippen molar-refractivity contribution in [3.8, 4) is 0 Å². The molecule has 298 valence electrons. The molecule has 1 N–H and O–H groups in total. The molecule has 0 heterocycles. The van der Waals surface area contributed by atoms with E-state index in [-0.39, 0.29) is 0 Å². The van der Waals surface area contributed by atoms with E-state index in [0.29, 0.717) is 0 Å². The van der Waals surface area contributed by atoms with Crippen LogP contribution in [0.5, 0.6) is 0 Å². The van der Waals surface area contributed by atoms with Crippen LogP contribution in [-0.4, -0.2) is 74.7 Å². The molecule has 0 bridgehead atoms. The van der Waals surface area contributed by atoms with Crippen molar-refractivity contribution in [2.75, 3.05) is 47.3 Å². The summed E-state index contributed by atoms with van der Waals surface area (Å²) in [5.74, 6) is -6.51. The number of hydrogen-bond donors (Lipinski definition) is 1. The molecule has 2 atom stereocenters. The van der Waals surface area contributed by atoms with Gasteiger partial charge in [-0.2, -0.15) is 0 Å². The Balaban J connectivity index is 8.67. The lowest BCUT2D eigenvalue weighted by Gasteiger charge is -2.24. The molecule has 0 aliphatic heterocycles. The Labute approximate surface area is 408 Å². The van der Waals surface area contributed by atoms with Crippen molar-refractivity contribution in [2.45, 2.75) is 198 Å². The molecule has 0 spiro atoms. The van der Waals surface area contributed by atoms with E-state index in [9.17, 15) is 19.0 Å². The molecule has 0 rings (SSSR count). The van der Waals surface area contributed by atoms with E-state index in [0.717, 1.165) is 0 Å². The molecular weight excluding hydrogens is 653 g/mol. The van der Waals surface area contributed by atoms with E-state index < -0.39 is 270 Å². The predicted molar refractivity (Wildman–Crippen MR) is 206 cm³/mol. The van der Waals surface area contributed by atoms with Gasteiger partial charge in [-0.15, -0.1) is 0 Å². The number of carbonyl (C=O) groups excluding carboxylic acids is 2. The largest absolute Gasteiger partial charge is 0.472 e. The van der Waals surface area contributed by atoms with Crippen molar-refractivity contribution in [2.24, 2.45) is 0 Å². The molecule has 0 aliphatic rings.